The van der Waals surface area contributed by atoms with Crippen molar-refractivity contribution in [1.29, 1.82) is 0 Å². The van der Waals surface area contributed by atoms with Gasteiger partial charge in [-0.05, 0) is 37.5 Å². The Morgan fingerprint density at radius 1 is 0.844 bits per heavy atom. The summed E-state index contributed by atoms with van der Waals surface area (Å²) in [6.07, 6.45) is 0.443. The summed E-state index contributed by atoms with van der Waals surface area (Å²) in [4.78, 5) is 24.1. The van der Waals surface area contributed by atoms with E-state index in [2.05, 4.69) is 41.7 Å². The quantitative estimate of drug-likeness (QED) is 0.256. The maximum atomic E-state index is 12.6. The van der Waals surface area contributed by atoms with E-state index >= 15 is 0 Å². The van der Waals surface area contributed by atoms with Crippen LogP contribution in [0.3, 0.4) is 0 Å². The van der Waals surface area contributed by atoms with Crippen LogP contribution in [0.1, 0.15) is 43.9 Å². The van der Waals surface area contributed by atoms with Crippen LogP contribution in [0.25, 0.3) is 0 Å². The fraction of sp³-hybridized carbons (Fsp3) is 0.259. The van der Waals surface area contributed by atoms with E-state index in [4.69, 9.17) is 4.74 Å². The lowest BCUT2D eigenvalue weighted by molar-refractivity contribution is -0.107. The lowest BCUT2D eigenvalue weighted by atomic mass is 9.84. The van der Waals surface area contributed by atoms with E-state index in [1.54, 1.807) is 0 Å². The van der Waals surface area contributed by atoms with Crippen LogP contribution >= 0.6 is 11.8 Å². The fourth-order valence-corrected chi connectivity index (χ4v) is 5.17. The average molecular weight is 448 g/mol. The molecule has 3 rings (SSSR count). The van der Waals surface area contributed by atoms with Crippen molar-refractivity contribution >= 4 is 24.1 Å². The summed E-state index contributed by atoms with van der Waals surface area (Å²) < 4.78 is 4.82. The molecule has 1 N–H and O–H groups in total. The van der Waals surface area contributed by atoms with Crippen molar-refractivity contribution < 1.29 is 14.3 Å². The first kappa shape index (κ1) is 23.6. The summed E-state index contributed by atoms with van der Waals surface area (Å²) in [5.74, 6) is 0. The van der Waals surface area contributed by atoms with E-state index in [0.717, 1.165) is 23.0 Å². The van der Waals surface area contributed by atoms with Crippen LogP contribution in [0.4, 0.5) is 4.79 Å². The monoisotopic (exact) mass is 447 g/mol. The van der Waals surface area contributed by atoms with Crippen LogP contribution in [0, 0.1) is 0 Å². The van der Waals surface area contributed by atoms with Crippen molar-refractivity contribution in [2.75, 3.05) is 0 Å². The molecule has 0 saturated heterocycles. The van der Waals surface area contributed by atoms with Gasteiger partial charge in [-0.15, -0.1) is 11.8 Å². The molecule has 0 aliphatic carbocycles. The van der Waals surface area contributed by atoms with Crippen molar-refractivity contribution in [3.63, 3.8) is 0 Å². The summed E-state index contributed by atoms with van der Waals surface area (Å²) in [5.41, 5.74) is 2.55. The third-order valence-electron chi connectivity index (χ3n) is 4.85. The van der Waals surface area contributed by atoms with E-state index < -0.39 is 21.8 Å². The Morgan fingerprint density at radius 2 is 1.25 bits per heavy atom. The number of alkyl carbamates (subject to hydrolysis) is 1. The Bertz CT molecular complexity index is 905. The largest absolute Gasteiger partial charge is 0.444 e. The molecule has 32 heavy (non-hydrogen) atoms. The van der Waals surface area contributed by atoms with Gasteiger partial charge in [-0.2, -0.15) is 0 Å². The minimum atomic E-state index is -0.646. The van der Waals surface area contributed by atoms with E-state index in [0.29, 0.717) is 0 Å². The summed E-state index contributed by atoms with van der Waals surface area (Å²) in [5, 5.41) is 2.41. The molecule has 0 radical (unpaired) electrons. The van der Waals surface area contributed by atoms with Gasteiger partial charge in [-0.3, -0.25) is 0 Å². The number of amides is 1. The smallest absolute Gasteiger partial charge is 0.408 e. The summed E-state index contributed by atoms with van der Waals surface area (Å²) in [7, 11) is 0. The second kappa shape index (κ2) is 10.5. The number of hydrogen-bond donors (Lipinski definition) is 1. The van der Waals surface area contributed by atoms with Gasteiger partial charge in [-0.25, -0.2) is 4.79 Å². The predicted molar refractivity (Wildman–Crippen MR) is 131 cm³/mol. The van der Waals surface area contributed by atoms with Crippen molar-refractivity contribution in [1.82, 2.24) is 5.32 Å². The molecule has 166 valence electrons. The van der Waals surface area contributed by atoms with E-state index in [-0.39, 0.29) is 6.42 Å². The highest BCUT2D eigenvalue weighted by atomic mass is 32.2. The molecule has 0 bridgehead atoms. The number of carbonyl (C=O) groups is 2. The standard InChI is InChI=1S/C27H29NO3S/c1-26(2,3)31-25(30)28-24(19-20-29)32-27(21-13-7-4-8-14-21,22-15-9-5-10-16-22)23-17-11-6-12-18-23/h4-18,20,24H,19H2,1-3H3,(H,28,30). The highest BCUT2D eigenvalue weighted by Gasteiger charge is 2.40. The van der Waals surface area contributed by atoms with Crippen molar-refractivity contribution in [2.24, 2.45) is 0 Å². The summed E-state index contributed by atoms with van der Waals surface area (Å²) in [6.45, 7) is 5.45. The Hall–Kier alpha value is -3.05. The van der Waals surface area contributed by atoms with Crippen LogP contribution in [-0.2, 0) is 14.3 Å². The van der Waals surface area contributed by atoms with Gasteiger partial charge in [0.2, 0.25) is 0 Å². The number of aldehydes is 1. The molecule has 0 fully saturated rings. The lowest BCUT2D eigenvalue weighted by Gasteiger charge is -2.38. The van der Waals surface area contributed by atoms with Gasteiger partial charge in [0.15, 0.2) is 0 Å². The molecule has 3 aromatic rings. The molecule has 0 aliphatic rings. The first-order chi connectivity index (χ1) is 15.3. The van der Waals surface area contributed by atoms with Crippen LogP contribution < -0.4 is 5.32 Å². The van der Waals surface area contributed by atoms with Crippen molar-refractivity contribution in [3.05, 3.63) is 108 Å². The molecule has 1 atom stereocenters. The zero-order valence-electron chi connectivity index (χ0n) is 18.7. The minimum Gasteiger partial charge on any atom is -0.444 e. The Labute approximate surface area is 194 Å². The van der Waals surface area contributed by atoms with Gasteiger partial charge in [0.25, 0.3) is 0 Å². The number of hydrogen-bond acceptors (Lipinski definition) is 4. The Morgan fingerprint density at radius 3 is 1.59 bits per heavy atom. The number of thioether (sulfide) groups is 1. The lowest BCUT2D eigenvalue weighted by Crippen LogP contribution is -2.41. The highest BCUT2D eigenvalue weighted by molar-refractivity contribution is 8.01. The maximum Gasteiger partial charge on any atom is 0.408 e. The first-order valence-corrected chi connectivity index (χ1v) is 11.5. The fourth-order valence-electron chi connectivity index (χ4n) is 3.60. The summed E-state index contributed by atoms with van der Waals surface area (Å²) in [6, 6.07) is 30.5. The minimum absolute atomic E-state index is 0.151. The zero-order valence-corrected chi connectivity index (χ0v) is 19.5. The van der Waals surface area contributed by atoms with Gasteiger partial charge in [0, 0.05) is 6.42 Å². The number of rotatable bonds is 8. The molecule has 4 nitrogen and oxygen atoms in total. The highest BCUT2D eigenvalue weighted by Crippen LogP contribution is 2.50. The SMILES string of the molecule is CC(C)(C)OC(=O)NC(CC=O)SC(c1ccccc1)(c1ccccc1)c1ccccc1. The van der Waals surface area contributed by atoms with Gasteiger partial charge >= 0.3 is 6.09 Å². The zero-order chi connectivity index (χ0) is 23.0. The molecule has 1 amide bonds. The molecule has 0 spiro atoms. The second-order valence-corrected chi connectivity index (χ2v) is 9.85. The second-order valence-electron chi connectivity index (χ2n) is 8.43. The van der Waals surface area contributed by atoms with Crippen molar-refractivity contribution in [3.8, 4) is 0 Å². The van der Waals surface area contributed by atoms with Crippen molar-refractivity contribution in [2.45, 2.75) is 42.9 Å². The maximum absolute atomic E-state index is 12.6. The van der Waals surface area contributed by atoms with Gasteiger partial charge in [0.05, 0.1) is 10.1 Å². The molecule has 5 heteroatoms. The number of nitrogens with one attached hydrogen (secondary N) is 1. The molecular weight excluding hydrogens is 418 g/mol. The van der Waals surface area contributed by atoms with E-state index in [9.17, 15) is 9.59 Å². The van der Waals surface area contributed by atoms with Crippen LogP contribution in [0.5, 0.6) is 0 Å². The first-order valence-electron chi connectivity index (χ1n) is 10.6. The molecule has 0 aromatic heterocycles. The van der Waals surface area contributed by atoms with Crippen LogP contribution in [0.15, 0.2) is 91.0 Å². The molecular formula is C27H29NO3S. The molecule has 0 aliphatic heterocycles. The Balaban J connectivity index is 2.13. The number of carbonyl (C=O) groups excluding carboxylic acids is 2. The molecule has 1 unspecified atom stereocenters. The van der Waals surface area contributed by atoms with E-state index in [1.165, 1.54) is 11.8 Å². The number of ether oxygens (including phenoxy) is 1. The Kier molecular flexibility index (Phi) is 7.75. The normalized spacial score (nSPS) is 12.6. The van der Waals surface area contributed by atoms with Gasteiger partial charge in [-0.1, -0.05) is 91.0 Å². The molecule has 3 aromatic carbocycles. The third-order valence-corrected chi connectivity index (χ3v) is 6.50. The van der Waals surface area contributed by atoms with Crippen LogP contribution in [0.2, 0.25) is 0 Å². The van der Waals surface area contributed by atoms with Gasteiger partial charge in [0.1, 0.15) is 11.9 Å². The number of benzene rings is 3. The molecule has 0 heterocycles. The van der Waals surface area contributed by atoms with E-state index in [1.807, 2.05) is 75.4 Å². The summed E-state index contributed by atoms with van der Waals surface area (Å²) >= 11 is 1.53. The van der Waals surface area contributed by atoms with Gasteiger partial charge < -0.3 is 14.8 Å². The topological polar surface area (TPSA) is 55.4 Å². The molecule has 0 saturated carbocycles. The predicted octanol–water partition coefficient (Wildman–Crippen LogP) is 6.15. The third kappa shape index (κ3) is 5.80. The van der Waals surface area contributed by atoms with Crippen LogP contribution in [-0.4, -0.2) is 23.4 Å². The average Bonchev–Trinajstić information content (AvgIpc) is 2.78.